The van der Waals surface area contributed by atoms with Gasteiger partial charge in [0.25, 0.3) is 0 Å². The molecule has 1 unspecified atom stereocenters. The van der Waals surface area contributed by atoms with Crippen LogP contribution in [0.15, 0.2) is 0 Å². The molecule has 0 aromatic heterocycles. The van der Waals surface area contributed by atoms with E-state index < -0.39 is 6.10 Å². The molecule has 0 rings (SSSR count). The maximum absolute atomic E-state index is 9.79. The number of rotatable bonds is 1. The highest BCUT2D eigenvalue weighted by Crippen LogP contribution is 1.93. The van der Waals surface area contributed by atoms with Gasteiger partial charge in [0.1, 0.15) is 6.10 Å². The molecule has 30 valence electrons. The summed E-state index contributed by atoms with van der Waals surface area (Å²) >= 11 is 2.88. The molecule has 0 fully saturated rings. The van der Waals surface area contributed by atoms with Crippen molar-refractivity contribution in [1.29, 1.82) is 0 Å². The van der Waals surface area contributed by atoms with Gasteiger partial charge in [-0.2, -0.15) is 0 Å². The molecule has 0 aromatic rings. The Labute approximate surface area is 40.1 Å². The fraction of sp³-hybridized carbons (Fsp3) is 0.667. The molecule has 0 aliphatic rings. The first-order valence-electron chi connectivity index (χ1n) is 1.36. The van der Waals surface area contributed by atoms with E-state index in [4.69, 9.17) is 0 Å². The van der Waals surface area contributed by atoms with Crippen LogP contribution in [-0.2, 0) is 5.11 Å². The molecule has 0 saturated heterocycles. The van der Waals surface area contributed by atoms with Crippen molar-refractivity contribution in [2.75, 3.05) is 0 Å². The highest BCUT2D eigenvalue weighted by Gasteiger charge is 1.87. The summed E-state index contributed by atoms with van der Waals surface area (Å²) in [5, 5.41) is 11.2. The third-order valence-corrected chi connectivity index (χ3v) is 0.922. The van der Waals surface area contributed by atoms with Crippen molar-refractivity contribution >= 4 is 15.9 Å². The van der Waals surface area contributed by atoms with Gasteiger partial charge in [0.15, 0.2) is 0 Å². The fourth-order valence-electron chi connectivity index (χ4n) is 0. The van der Waals surface area contributed by atoms with Crippen LogP contribution in [0.1, 0.15) is 6.92 Å². The SMILES string of the molecule is CC([O])[CH]Br. The van der Waals surface area contributed by atoms with E-state index in [2.05, 4.69) is 15.9 Å². The van der Waals surface area contributed by atoms with Gasteiger partial charge in [0, 0.05) is 0 Å². The molecular weight excluding hydrogens is 132 g/mol. The molecule has 0 heterocycles. The largest absolute Gasteiger partial charge is 0.232 e. The highest BCUT2D eigenvalue weighted by molar-refractivity contribution is 9.10. The lowest BCUT2D eigenvalue weighted by atomic mass is 10.5. The van der Waals surface area contributed by atoms with E-state index in [1.807, 2.05) is 0 Å². The lowest BCUT2D eigenvalue weighted by molar-refractivity contribution is 0.141. The zero-order chi connectivity index (χ0) is 4.28. The van der Waals surface area contributed by atoms with Gasteiger partial charge < -0.3 is 0 Å². The van der Waals surface area contributed by atoms with Crippen molar-refractivity contribution < 1.29 is 5.11 Å². The topological polar surface area (TPSA) is 19.9 Å². The van der Waals surface area contributed by atoms with Crippen molar-refractivity contribution in [2.24, 2.45) is 0 Å². The van der Waals surface area contributed by atoms with Crippen molar-refractivity contribution in [3.63, 3.8) is 0 Å². The molecule has 0 aliphatic heterocycles. The summed E-state index contributed by atoms with van der Waals surface area (Å²) in [5.74, 6) is 0. The van der Waals surface area contributed by atoms with Crippen LogP contribution in [0.2, 0.25) is 0 Å². The Morgan fingerprint density at radius 2 is 2.20 bits per heavy atom. The van der Waals surface area contributed by atoms with Crippen molar-refractivity contribution in [3.8, 4) is 0 Å². The monoisotopic (exact) mass is 136 g/mol. The Hall–Kier alpha value is 0.440. The maximum atomic E-state index is 9.79. The van der Waals surface area contributed by atoms with Gasteiger partial charge in [0.05, 0.1) is 5.33 Å². The fourth-order valence-corrected chi connectivity index (χ4v) is 0. The highest BCUT2D eigenvalue weighted by atomic mass is 79.9. The number of hydrogen-bond donors (Lipinski definition) is 0. The molecule has 0 amide bonds. The Kier molecular flexibility index (Phi) is 2.90. The first-order chi connectivity index (χ1) is 2.27. The lowest BCUT2D eigenvalue weighted by Gasteiger charge is -1.83. The molecule has 0 aromatic carbocycles. The summed E-state index contributed by atoms with van der Waals surface area (Å²) in [6.45, 7) is 1.56. The molecule has 0 N–H and O–H groups in total. The standard InChI is InChI=1S/C3H5BrO/c1-3(5)2-4/h2-3H,1H3. The molecular formula is C3H5BrO. The third kappa shape index (κ3) is 4.44. The van der Waals surface area contributed by atoms with Crippen molar-refractivity contribution in [2.45, 2.75) is 13.0 Å². The smallest absolute Gasteiger partial charge is 0.104 e. The van der Waals surface area contributed by atoms with Gasteiger partial charge in [-0.1, -0.05) is 15.9 Å². The van der Waals surface area contributed by atoms with Gasteiger partial charge in [-0.3, -0.25) is 0 Å². The van der Waals surface area contributed by atoms with E-state index >= 15 is 0 Å². The Morgan fingerprint density at radius 3 is 2.20 bits per heavy atom. The minimum absolute atomic E-state index is 0.574. The molecule has 1 nitrogen and oxygen atoms in total. The molecule has 0 aliphatic carbocycles. The van der Waals surface area contributed by atoms with Crippen LogP contribution in [0, 0.1) is 5.33 Å². The van der Waals surface area contributed by atoms with Crippen molar-refractivity contribution in [3.05, 3.63) is 5.33 Å². The molecule has 0 saturated carbocycles. The van der Waals surface area contributed by atoms with Crippen LogP contribution in [0.25, 0.3) is 0 Å². The Bertz CT molecular complexity index is 20.9. The van der Waals surface area contributed by atoms with Gasteiger partial charge in [-0.05, 0) is 6.92 Å². The summed E-state index contributed by atoms with van der Waals surface area (Å²) in [6, 6.07) is 0. The normalized spacial score (nSPS) is 15.0. The van der Waals surface area contributed by atoms with E-state index in [1.54, 1.807) is 6.92 Å². The molecule has 0 bridgehead atoms. The predicted octanol–water partition coefficient (Wildman–Crippen LogP) is 1.36. The van der Waals surface area contributed by atoms with Crippen LogP contribution in [0.5, 0.6) is 0 Å². The van der Waals surface area contributed by atoms with E-state index in [9.17, 15) is 5.11 Å². The number of hydrogen-bond acceptors (Lipinski definition) is 0. The quantitative estimate of drug-likeness (QED) is 0.520. The van der Waals surface area contributed by atoms with Crippen LogP contribution in [0.3, 0.4) is 0 Å². The summed E-state index contributed by atoms with van der Waals surface area (Å²) in [7, 11) is 0. The summed E-state index contributed by atoms with van der Waals surface area (Å²) < 4.78 is 0. The predicted molar refractivity (Wildman–Crippen MR) is 23.4 cm³/mol. The van der Waals surface area contributed by atoms with Crippen LogP contribution in [-0.4, -0.2) is 6.10 Å². The molecule has 2 radical (unpaired) electrons. The average molecular weight is 137 g/mol. The summed E-state index contributed by atoms with van der Waals surface area (Å²) in [5.41, 5.74) is 0. The van der Waals surface area contributed by atoms with Crippen molar-refractivity contribution in [1.82, 2.24) is 0 Å². The van der Waals surface area contributed by atoms with Crippen LogP contribution >= 0.6 is 15.9 Å². The summed E-state index contributed by atoms with van der Waals surface area (Å²) in [4.78, 5) is 0. The lowest BCUT2D eigenvalue weighted by Crippen LogP contribution is -1.89. The zero-order valence-electron chi connectivity index (χ0n) is 2.94. The molecule has 0 spiro atoms. The first-order valence-corrected chi connectivity index (χ1v) is 2.28. The van der Waals surface area contributed by atoms with E-state index in [0.717, 1.165) is 0 Å². The minimum atomic E-state index is -0.574. The Morgan fingerprint density at radius 1 is 2.00 bits per heavy atom. The second-order valence-corrected chi connectivity index (χ2v) is 1.36. The maximum Gasteiger partial charge on any atom is 0.104 e. The van der Waals surface area contributed by atoms with E-state index in [0.29, 0.717) is 0 Å². The van der Waals surface area contributed by atoms with Crippen LogP contribution < -0.4 is 0 Å². The van der Waals surface area contributed by atoms with Gasteiger partial charge in [-0.25, -0.2) is 5.11 Å². The van der Waals surface area contributed by atoms with Gasteiger partial charge >= 0.3 is 0 Å². The molecule has 5 heavy (non-hydrogen) atoms. The second-order valence-electron chi connectivity index (χ2n) is 0.831. The zero-order valence-corrected chi connectivity index (χ0v) is 4.53. The minimum Gasteiger partial charge on any atom is -0.232 e. The van der Waals surface area contributed by atoms with Gasteiger partial charge in [-0.15, -0.1) is 0 Å². The first kappa shape index (κ1) is 5.44. The van der Waals surface area contributed by atoms with E-state index in [1.165, 1.54) is 5.33 Å². The van der Waals surface area contributed by atoms with Gasteiger partial charge in [0.2, 0.25) is 0 Å². The third-order valence-electron chi connectivity index (χ3n) is 0.177. The van der Waals surface area contributed by atoms with E-state index in [-0.39, 0.29) is 0 Å². The molecule has 2 heteroatoms. The summed E-state index contributed by atoms with van der Waals surface area (Å²) in [6.07, 6.45) is -0.574. The molecule has 1 atom stereocenters. The second kappa shape index (κ2) is 2.67. The van der Waals surface area contributed by atoms with Crippen LogP contribution in [0.4, 0.5) is 0 Å². The number of halogens is 1. The Balaban J connectivity index is 2.54. The average Bonchev–Trinajstić information content (AvgIpc) is 1.38.